The van der Waals surface area contributed by atoms with E-state index in [2.05, 4.69) is 21.9 Å². The number of benzene rings is 1. The summed E-state index contributed by atoms with van der Waals surface area (Å²) in [6.07, 6.45) is -3.37. The lowest BCUT2D eigenvalue weighted by atomic mass is 9.91. The highest BCUT2D eigenvalue weighted by Gasteiger charge is 2.35. The number of fused-ring (bicyclic) bond motifs is 1. The molecule has 0 radical (unpaired) electrons. The van der Waals surface area contributed by atoms with E-state index in [4.69, 9.17) is 5.73 Å². The monoisotopic (exact) mass is 457 g/mol. The molecule has 11 heteroatoms. The highest BCUT2D eigenvalue weighted by molar-refractivity contribution is 6.03. The lowest BCUT2D eigenvalue weighted by molar-refractivity contribution is -0.138. The number of carbonyl (C=O) groups is 2. The Bertz CT molecular complexity index is 1340. The fourth-order valence-electron chi connectivity index (χ4n) is 3.53. The van der Waals surface area contributed by atoms with E-state index >= 15 is 0 Å². The number of alkyl halides is 3. The van der Waals surface area contributed by atoms with E-state index in [1.165, 1.54) is 23.2 Å². The van der Waals surface area contributed by atoms with E-state index in [1.54, 1.807) is 13.1 Å². The van der Waals surface area contributed by atoms with Gasteiger partial charge in [0.2, 0.25) is 5.91 Å². The maximum atomic E-state index is 13.6. The SMILES string of the molecule is CN1CC[C@@](O)(C#Cc2cc(-n3nc(C(N)=O)c4cccnc43)cc(C(F)(F)F)c2)CC1=O. The number of hydrogen-bond donors (Lipinski definition) is 2. The normalized spacial score (nSPS) is 18.8. The molecule has 0 unspecified atom stereocenters. The number of amides is 2. The van der Waals surface area contributed by atoms with Crippen molar-refractivity contribution >= 4 is 22.8 Å². The molecule has 3 N–H and O–H groups in total. The first-order chi connectivity index (χ1) is 15.5. The molecule has 2 amide bonds. The quantitative estimate of drug-likeness (QED) is 0.571. The zero-order valence-corrected chi connectivity index (χ0v) is 17.3. The minimum absolute atomic E-state index is 0.0447. The standard InChI is InChI=1S/C22H18F3N5O3/c1-29-8-6-21(33,12-17(29)31)5-4-13-9-14(22(23,24)25)11-15(10-13)30-20-16(3-2-7-27-20)18(28-30)19(26)32/h2-3,7,9-11,33H,6,8,12H2,1H3,(H2,26,32)/t21-/m0/s1. The largest absolute Gasteiger partial charge is 0.416 e. The summed E-state index contributed by atoms with van der Waals surface area (Å²) in [5.41, 5.74) is 2.62. The number of hydrogen-bond acceptors (Lipinski definition) is 5. The molecule has 1 fully saturated rings. The van der Waals surface area contributed by atoms with Gasteiger partial charge in [-0.1, -0.05) is 11.8 Å². The number of likely N-dealkylation sites (tertiary alicyclic amines) is 1. The van der Waals surface area contributed by atoms with Gasteiger partial charge in [-0.15, -0.1) is 0 Å². The first kappa shape index (κ1) is 22.3. The van der Waals surface area contributed by atoms with Crippen molar-refractivity contribution in [3.63, 3.8) is 0 Å². The van der Waals surface area contributed by atoms with Crippen LogP contribution in [0.2, 0.25) is 0 Å². The average Bonchev–Trinajstić information content (AvgIpc) is 3.15. The number of primary amides is 1. The number of nitrogens with two attached hydrogens (primary N) is 1. The summed E-state index contributed by atoms with van der Waals surface area (Å²) in [6.45, 7) is 0.276. The van der Waals surface area contributed by atoms with Gasteiger partial charge >= 0.3 is 6.18 Å². The minimum atomic E-state index is -4.70. The molecule has 3 heterocycles. The molecule has 3 aromatic rings. The summed E-state index contributed by atoms with van der Waals surface area (Å²) in [5, 5.41) is 15.0. The summed E-state index contributed by atoms with van der Waals surface area (Å²) in [7, 11) is 1.59. The molecule has 1 aliphatic rings. The zero-order valence-electron chi connectivity index (χ0n) is 17.3. The van der Waals surface area contributed by atoms with Crippen LogP contribution in [0, 0.1) is 11.8 Å². The number of halogens is 3. The topological polar surface area (TPSA) is 114 Å². The van der Waals surface area contributed by atoms with Crippen molar-refractivity contribution in [3.8, 4) is 17.5 Å². The maximum absolute atomic E-state index is 13.6. The summed E-state index contributed by atoms with van der Waals surface area (Å²) in [5.74, 6) is 3.96. The van der Waals surface area contributed by atoms with Crippen LogP contribution in [0.1, 0.15) is 34.5 Å². The predicted octanol–water partition coefficient (Wildman–Crippen LogP) is 1.87. The summed E-state index contributed by atoms with van der Waals surface area (Å²) in [4.78, 5) is 29.3. The number of carbonyl (C=O) groups excluding carboxylic acids is 2. The average molecular weight is 457 g/mol. The number of piperidine rings is 1. The van der Waals surface area contributed by atoms with Gasteiger partial charge in [0.15, 0.2) is 11.3 Å². The second kappa shape index (κ2) is 7.90. The van der Waals surface area contributed by atoms with E-state index in [0.717, 1.165) is 16.8 Å². The molecule has 170 valence electrons. The fraction of sp³-hybridized carbons (Fsp3) is 0.273. The first-order valence-electron chi connectivity index (χ1n) is 9.83. The van der Waals surface area contributed by atoms with Crippen LogP contribution in [-0.2, 0) is 11.0 Å². The second-order valence-corrected chi connectivity index (χ2v) is 7.79. The lowest BCUT2D eigenvalue weighted by Gasteiger charge is -2.32. The van der Waals surface area contributed by atoms with E-state index in [1.807, 2.05) is 0 Å². The molecule has 2 aromatic heterocycles. The van der Waals surface area contributed by atoms with E-state index < -0.39 is 23.2 Å². The van der Waals surface area contributed by atoms with Crippen LogP contribution in [0.25, 0.3) is 16.7 Å². The Balaban J connectivity index is 1.84. The highest BCUT2D eigenvalue weighted by Crippen LogP contribution is 2.32. The predicted molar refractivity (Wildman–Crippen MR) is 111 cm³/mol. The van der Waals surface area contributed by atoms with Crippen molar-refractivity contribution < 1.29 is 27.9 Å². The smallest absolute Gasteiger partial charge is 0.377 e. The van der Waals surface area contributed by atoms with Gasteiger partial charge in [-0.05, 0) is 30.3 Å². The third kappa shape index (κ3) is 4.38. The Morgan fingerprint density at radius 1 is 1.30 bits per heavy atom. The molecule has 1 atom stereocenters. The van der Waals surface area contributed by atoms with Crippen molar-refractivity contribution in [1.82, 2.24) is 19.7 Å². The minimum Gasteiger partial charge on any atom is -0.377 e. The molecule has 1 aliphatic heterocycles. The van der Waals surface area contributed by atoms with Gasteiger partial charge in [-0.25, -0.2) is 9.67 Å². The number of aliphatic hydroxyl groups is 1. The van der Waals surface area contributed by atoms with Gasteiger partial charge in [0.25, 0.3) is 5.91 Å². The van der Waals surface area contributed by atoms with E-state index in [0.29, 0.717) is 0 Å². The Morgan fingerprint density at radius 3 is 2.73 bits per heavy atom. The molecule has 1 saturated heterocycles. The Hall–Kier alpha value is -3.91. The van der Waals surface area contributed by atoms with Crippen LogP contribution >= 0.6 is 0 Å². The molecule has 8 nitrogen and oxygen atoms in total. The third-order valence-corrected chi connectivity index (χ3v) is 5.34. The number of pyridine rings is 1. The molecule has 33 heavy (non-hydrogen) atoms. The van der Waals surface area contributed by atoms with Gasteiger partial charge < -0.3 is 15.7 Å². The van der Waals surface area contributed by atoms with Gasteiger partial charge in [-0.2, -0.15) is 18.3 Å². The molecule has 0 aliphatic carbocycles. The molecule has 0 bridgehead atoms. The van der Waals surface area contributed by atoms with Crippen LogP contribution in [0.15, 0.2) is 36.5 Å². The number of rotatable bonds is 2. The molecular formula is C22H18F3N5O3. The van der Waals surface area contributed by atoms with E-state index in [-0.39, 0.29) is 53.3 Å². The van der Waals surface area contributed by atoms with Gasteiger partial charge in [0, 0.05) is 31.8 Å². The summed E-state index contributed by atoms with van der Waals surface area (Å²) >= 11 is 0. The number of nitrogens with zero attached hydrogens (tertiary/aromatic N) is 4. The lowest BCUT2D eigenvalue weighted by Crippen LogP contribution is -2.45. The molecular weight excluding hydrogens is 439 g/mol. The van der Waals surface area contributed by atoms with Gasteiger partial charge in [0.05, 0.1) is 23.1 Å². The molecule has 4 rings (SSSR count). The maximum Gasteiger partial charge on any atom is 0.416 e. The van der Waals surface area contributed by atoms with Crippen molar-refractivity contribution in [2.75, 3.05) is 13.6 Å². The van der Waals surface area contributed by atoms with Crippen LogP contribution in [0.4, 0.5) is 13.2 Å². The van der Waals surface area contributed by atoms with Gasteiger partial charge in [-0.3, -0.25) is 9.59 Å². The van der Waals surface area contributed by atoms with Crippen LogP contribution in [0.5, 0.6) is 0 Å². The van der Waals surface area contributed by atoms with Crippen molar-refractivity contribution in [1.29, 1.82) is 0 Å². The molecule has 1 aromatic carbocycles. The molecule has 0 saturated carbocycles. The zero-order chi connectivity index (χ0) is 24.0. The Kier molecular flexibility index (Phi) is 5.33. The van der Waals surface area contributed by atoms with Crippen LogP contribution in [0.3, 0.4) is 0 Å². The Labute approximate surface area is 185 Å². The summed E-state index contributed by atoms with van der Waals surface area (Å²) in [6, 6.07) is 6.10. The van der Waals surface area contributed by atoms with Crippen molar-refractivity contribution in [2.24, 2.45) is 5.73 Å². The first-order valence-corrected chi connectivity index (χ1v) is 9.83. The number of aromatic nitrogens is 3. The van der Waals surface area contributed by atoms with Crippen molar-refractivity contribution in [3.05, 3.63) is 53.3 Å². The fourth-order valence-corrected chi connectivity index (χ4v) is 3.53. The third-order valence-electron chi connectivity index (χ3n) is 5.34. The second-order valence-electron chi connectivity index (χ2n) is 7.79. The van der Waals surface area contributed by atoms with Crippen LogP contribution in [-0.4, -0.2) is 55.8 Å². The highest BCUT2D eigenvalue weighted by atomic mass is 19.4. The van der Waals surface area contributed by atoms with Gasteiger partial charge in [0.1, 0.15) is 5.60 Å². The summed E-state index contributed by atoms with van der Waals surface area (Å²) < 4.78 is 41.9. The van der Waals surface area contributed by atoms with E-state index in [9.17, 15) is 27.9 Å². The Morgan fingerprint density at radius 2 is 2.06 bits per heavy atom. The van der Waals surface area contributed by atoms with Crippen molar-refractivity contribution in [2.45, 2.75) is 24.6 Å². The van der Waals surface area contributed by atoms with Crippen LogP contribution < -0.4 is 5.73 Å². The molecule has 0 spiro atoms.